The van der Waals surface area contributed by atoms with Gasteiger partial charge in [0, 0.05) is 24.1 Å². The van der Waals surface area contributed by atoms with Gasteiger partial charge in [0.1, 0.15) is 24.2 Å². The van der Waals surface area contributed by atoms with Crippen LogP contribution in [0.1, 0.15) is 35.2 Å². The summed E-state index contributed by atoms with van der Waals surface area (Å²) >= 11 is 5.94. The highest BCUT2D eigenvalue weighted by Crippen LogP contribution is 2.21. The molecule has 0 aliphatic carbocycles. The SMILES string of the molecule is CCCc1cc(C(=O)NCC(O)COc2ccc(Cl)c(C)c2)no1. The Morgan fingerprint density at radius 3 is 2.96 bits per heavy atom. The van der Waals surface area contributed by atoms with E-state index in [2.05, 4.69) is 10.5 Å². The molecule has 2 aromatic rings. The van der Waals surface area contributed by atoms with Crippen LogP contribution >= 0.6 is 11.6 Å². The summed E-state index contributed by atoms with van der Waals surface area (Å²) in [5.41, 5.74) is 1.10. The Balaban J connectivity index is 1.76. The quantitative estimate of drug-likeness (QED) is 0.763. The van der Waals surface area contributed by atoms with E-state index >= 15 is 0 Å². The molecule has 6 nitrogen and oxygen atoms in total. The predicted octanol–water partition coefficient (Wildman–Crippen LogP) is 2.76. The Morgan fingerprint density at radius 2 is 2.25 bits per heavy atom. The highest BCUT2D eigenvalue weighted by atomic mass is 35.5. The van der Waals surface area contributed by atoms with Crippen LogP contribution in [0, 0.1) is 6.92 Å². The Hall–Kier alpha value is -2.05. The van der Waals surface area contributed by atoms with Crippen LogP contribution in [-0.2, 0) is 6.42 Å². The van der Waals surface area contributed by atoms with Crippen molar-refractivity contribution in [1.82, 2.24) is 10.5 Å². The number of aliphatic hydroxyl groups is 1. The number of aliphatic hydroxyl groups excluding tert-OH is 1. The number of carbonyl (C=O) groups is 1. The molecule has 1 heterocycles. The van der Waals surface area contributed by atoms with Gasteiger partial charge in [-0.1, -0.05) is 23.7 Å². The summed E-state index contributed by atoms with van der Waals surface area (Å²) in [6.45, 7) is 4.00. The summed E-state index contributed by atoms with van der Waals surface area (Å²) in [7, 11) is 0. The third-order valence-electron chi connectivity index (χ3n) is 3.36. The van der Waals surface area contributed by atoms with E-state index in [-0.39, 0.29) is 24.8 Å². The Bertz CT molecular complexity index is 687. The van der Waals surface area contributed by atoms with E-state index < -0.39 is 6.10 Å². The zero-order valence-corrected chi connectivity index (χ0v) is 14.5. The van der Waals surface area contributed by atoms with Gasteiger partial charge in [0.25, 0.3) is 5.91 Å². The van der Waals surface area contributed by atoms with Crippen LogP contribution in [-0.4, -0.2) is 35.4 Å². The number of hydrogen-bond acceptors (Lipinski definition) is 5. The van der Waals surface area contributed by atoms with Crippen LogP contribution < -0.4 is 10.1 Å². The summed E-state index contributed by atoms with van der Waals surface area (Å²) in [4.78, 5) is 11.9. The van der Waals surface area contributed by atoms with Gasteiger partial charge in [-0.2, -0.15) is 0 Å². The molecule has 2 rings (SSSR count). The van der Waals surface area contributed by atoms with Crippen molar-refractivity contribution in [3.05, 3.63) is 46.3 Å². The molecule has 0 radical (unpaired) electrons. The van der Waals surface area contributed by atoms with E-state index in [9.17, 15) is 9.90 Å². The number of rotatable bonds is 8. The largest absolute Gasteiger partial charge is 0.491 e. The number of nitrogens with one attached hydrogen (secondary N) is 1. The van der Waals surface area contributed by atoms with E-state index in [0.717, 1.165) is 18.4 Å². The van der Waals surface area contributed by atoms with E-state index in [1.807, 2.05) is 13.8 Å². The van der Waals surface area contributed by atoms with Gasteiger partial charge in [-0.3, -0.25) is 4.79 Å². The molecule has 0 saturated heterocycles. The molecule has 2 N–H and O–H groups in total. The molecule has 24 heavy (non-hydrogen) atoms. The summed E-state index contributed by atoms with van der Waals surface area (Å²) in [5, 5.41) is 16.9. The maximum Gasteiger partial charge on any atom is 0.273 e. The molecule has 1 amide bonds. The first kappa shape index (κ1) is 18.3. The maximum absolute atomic E-state index is 11.9. The smallest absolute Gasteiger partial charge is 0.273 e. The van der Waals surface area contributed by atoms with Crippen molar-refractivity contribution < 1.29 is 19.2 Å². The zero-order chi connectivity index (χ0) is 17.5. The van der Waals surface area contributed by atoms with Crippen LogP contribution in [0.25, 0.3) is 0 Å². The maximum atomic E-state index is 11.9. The van der Waals surface area contributed by atoms with Gasteiger partial charge in [0.2, 0.25) is 0 Å². The molecule has 0 spiro atoms. The lowest BCUT2D eigenvalue weighted by atomic mass is 10.2. The molecule has 7 heteroatoms. The molecular weight excluding hydrogens is 332 g/mol. The average Bonchev–Trinajstić information content (AvgIpc) is 3.03. The first-order valence-electron chi connectivity index (χ1n) is 7.80. The first-order valence-corrected chi connectivity index (χ1v) is 8.18. The molecule has 1 aromatic carbocycles. The van der Waals surface area contributed by atoms with Gasteiger partial charge in [-0.15, -0.1) is 0 Å². The molecule has 0 aliphatic rings. The Kier molecular flexibility index (Phi) is 6.63. The van der Waals surface area contributed by atoms with Gasteiger partial charge in [-0.05, 0) is 37.1 Å². The van der Waals surface area contributed by atoms with E-state index in [4.69, 9.17) is 20.9 Å². The van der Waals surface area contributed by atoms with Crippen LogP contribution in [0.4, 0.5) is 0 Å². The minimum atomic E-state index is -0.841. The number of aryl methyl sites for hydroxylation is 2. The number of halogens is 1. The lowest BCUT2D eigenvalue weighted by Gasteiger charge is -2.13. The molecule has 0 fully saturated rings. The summed E-state index contributed by atoms with van der Waals surface area (Å²) in [6.07, 6.45) is 0.806. The second-order valence-corrected chi connectivity index (χ2v) is 5.92. The van der Waals surface area contributed by atoms with Crippen molar-refractivity contribution in [3.63, 3.8) is 0 Å². The number of carbonyl (C=O) groups excluding carboxylic acids is 1. The number of ether oxygens (including phenoxy) is 1. The van der Waals surface area contributed by atoms with Crippen molar-refractivity contribution in [2.24, 2.45) is 0 Å². The van der Waals surface area contributed by atoms with Gasteiger partial charge < -0.3 is 19.7 Å². The average molecular weight is 353 g/mol. The molecule has 1 aromatic heterocycles. The van der Waals surface area contributed by atoms with Crippen molar-refractivity contribution in [1.29, 1.82) is 0 Å². The van der Waals surface area contributed by atoms with Crippen molar-refractivity contribution in [2.75, 3.05) is 13.2 Å². The van der Waals surface area contributed by atoms with E-state index in [1.165, 1.54) is 0 Å². The number of nitrogens with zero attached hydrogens (tertiary/aromatic N) is 1. The fourth-order valence-electron chi connectivity index (χ4n) is 2.04. The van der Waals surface area contributed by atoms with Crippen LogP contribution in [0.3, 0.4) is 0 Å². The Labute approximate surface area is 145 Å². The molecule has 0 saturated carbocycles. The fourth-order valence-corrected chi connectivity index (χ4v) is 2.16. The predicted molar refractivity (Wildman–Crippen MR) is 90.5 cm³/mol. The second-order valence-electron chi connectivity index (χ2n) is 5.51. The molecule has 130 valence electrons. The van der Waals surface area contributed by atoms with Gasteiger partial charge in [-0.25, -0.2) is 0 Å². The number of aromatic nitrogens is 1. The normalized spacial score (nSPS) is 12.0. The lowest BCUT2D eigenvalue weighted by Crippen LogP contribution is -2.35. The first-order chi connectivity index (χ1) is 11.5. The summed E-state index contributed by atoms with van der Waals surface area (Å²) in [6, 6.07) is 6.86. The lowest BCUT2D eigenvalue weighted by molar-refractivity contribution is 0.0836. The zero-order valence-electron chi connectivity index (χ0n) is 13.7. The second kappa shape index (κ2) is 8.70. The monoisotopic (exact) mass is 352 g/mol. The third-order valence-corrected chi connectivity index (χ3v) is 3.78. The van der Waals surface area contributed by atoms with Crippen LogP contribution in [0.15, 0.2) is 28.8 Å². The fraction of sp³-hybridized carbons (Fsp3) is 0.412. The van der Waals surface area contributed by atoms with Gasteiger partial charge in [0.05, 0.1) is 0 Å². The van der Waals surface area contributed by atoms with Crippen LogP contribution in [0.5, 0.6) is 5.75 Å². The van der Waals surface area contributed by atoms with Gasteiger partial charge in [0.15, 0.2) is 5.69 Å². The standard InChI is InChI=1S/C17H21ClN2O4/c1-3-4-14-8-16(20-24-14)17(22)19-9-12(21)10-23-13-5-6-15(18)11(2)7-13/h5-8,12,21H,3-4,9-10H2,1-2H3,(H,19,22). The number of benzene rings is 1. The number of hydrogen-bond donors (Lipinski definition) is 2. The Morgan fingerprint density at radius 1 is 1.46 bits per heavy atom. The van der Waals surface area contributed by atoms with Crippen LogP contribution in [0.2, 0.25) is 5.02 Å². The molecule has 1 unspecified atom stereocenters. The van der Waals surface area contributed by atoms with E-state index in [0.29, 0.717) is 16.5 Å². The van der Waals surface area contributed by atoms with Gasteiger partial charge >= 0.3 is 0 Å². The van der Waals surface area contributed by atoms with Crippen molar-refractivity contribution in [2.45, 2.75) is 32.8 Å². The highest BCUT2D eigenvalue weighted by Gasteiger charge is 2.14. The summed E-state index contributed by atoms with van der Waals surface area (Å²) < 4.78 is 10.5. The highest BCUT2D eigenvalue weighted by molar-refractivity contribution is 6.31. The minimum Gasteiger partial charge on any atom is -0.491 e. The molecular formula is C17H21ClN2O4. The topological polar surface area (TPSA) is 84.6 Å². The summed E-state index contributed by atoms with van der Waals surface area (Å²) in [5.74, 6) is 0.898. The minimum absolute atomic E-state index is 0.0568. The number of amides is 1. The van der Waals surface area contributed by atoms with E-state index in [1.54, 1.807) is 24.3 Å². The molecule has 0 aliphatic heterocycles. The van der Waals surface area contributed by atoms with Crippen molar-refractivity contribution in [3.8, 4) is 5.75 Å². The molecule has 0 bridgehead atoms. The van der Waals surface area contributed by atoms with Crippen molar-refractivity contribution >= 4 is 17.5 Å². The third kappa shape index (κ3) is 5.25. The molecule has 1 atom stereocenters.